The van der Waals surface area contributed by atoms with E-state index in [9.17, 15) is 4.79 Å². The molecule has 3 fully saturated rings. The van der Waals surface area contributed by atoms with Gasteiger partial charge in [0.15, 0.2) is 11.5 Å². The topological polar surface area (TPSA) is 134 Å². The van der Waals surface area contributed by atoms with E-state index in [4.69, 9.17) is 20.4 Å². The molecule has 1 aromatic carbocycles. The van der Waals surface area contributed by atoms with E-state index in [0.717, 1.165) is 70.8 Å². The van der Waals surface area contributed by atoms with Crippen molar-refractivity contribution in [3.63, 3.8) is 0 Å². The van der Waals surface area contributed by atoms with E-state index in [2.05, 4.69) is 36.8 Å². The number of aryl methyl sites for hydroxylation is 1. The summed E-state index contributed by atoms with van der Waals surface area (Å²) in [6, 6.07) is 14.1. The van der Waals surface area contributed by atoms with Gasteiger partial charge in [-0.25, -0.2) is 14.5 Å². The summed E-state index contributed by atoms with van der Waals surface area (Å²) >= 11 is 0. The second-order valence-corrected chi connectivity index (χ2v) is 12.6. The summed E-state index contributed by atoms with van der Waals surface area (Å²) in [6.07, 6.45) is 6.38. The van der Waals surface area contributed by atoms with Crippen LogP contribution in [0.25, 0.3) is 50.5 Å². The van der Waals surface area contributed by atoms with E-state index >= 15 is 0 Å². The highest BCUT2D eigenvalue weighted by molar-refractivity contribution is 6.00. The van der Waals surface area contributed by atoms with Crippen molar-refractivity contribution in [3.8, 4) is 28.5 Å². The second-order valence-electron chi connectivity index (χ2n) is 12.6. The first-order valence-corrected chi connectivity index (χ1v) is 15.3. The van der Waals surface area contributed by atoms with Crippen molar-refractivity contribution in [1.82, 2.24) is 44.0 Å². The number of piperidine rings is 1. The fourth-order valence-corrected chi connectivity index (χ4v) is 7.38. The predicted octanol–water partition coefficient (Wildman–Crippen LogP) is 3.68. The molecule has 0 spiro atoms. The maximum atomic E-state index is 13.7. The Kier molecular flexibility index (Phi) is 5.44. The molecule has 12 nitrogen and oxygen atoms in total. The van der Waals surface area contributed by atoms with Gasteiger partial charge in [-0.2, -0.15) is 0 Å². The van der Waals surface area contributed by atoms with Gasteiger partial charge in [0.25, 0.3) is 5.91 Å². The van der Waals surface area contributed by atoms with Crippen molar-refractivity contribution >= 4 is 33.6 Å². The van der Waals surface area contributed by atoms with Crippen LogP contribution in [-0.4, -0.2) is 75.7 Å². The largest absolute Gasteiger partial charge is 0.494 e. The van der Waals surface area contributed by atoms with Crippen LogP contribution >= 0.6 is 0 Å². The summed E-state index contributed by atoms with van der Waals surface area (Å²) in [5.74, 6) is 2.44. The number of rotatable bonds is 6. The molecule has 3 atom stereocenters. The van der Waals surface area contributed by atoms with Crippen LogP contribution in [0.5, 0.6) is 5.75 Å². The standard InChI is InChI=1S/C32H32N10O2/c1-39-29-23(11-21(13-26(29)44-2)32(43)41-15-20-6-9-24(41)28(20)33)35-31(39)25-12-18-5-8-22(34-30(18)40(25)14-17-3-4-17)19-7-10-27-36-37-38-42(27)16-19/h5,7-8,10-13,16-17,20,24,28H,3-4,6,9,14-15,33H2,1-2H3. The number of hydrogen-bond donors (Lipinski definition) is 1. The van der Waals surface area contributed by atoms with Gasteiger partial charge >= 0.3 is 0 Å². The molecular weight excluding hydrogens is 556 g/mol. The molecule has 2 aliphatic carbocycles. The lowest BCUT2D eigenvalue weighted by Crippen LogP contribution is -2.41. The first kappa shape index (κ1) is 25.6. The Balaban J connectivity index is 1.16. The fourth-order valence-electron chi connectivity index (χ4n) is 7.38. The van der Waals surface area contributed by atoms with Crippen LogP contribution in [0.1, 0.15) is 36.0 Å². The molecule has 1 amide bonds. The number of fused-ring (bicyclic) bond motifs is 5. The third kappa shape index (κ3) is 3.79. The summed E-state index contributed by atoms with van der Waals surface area (Å²) in [7, 11) is 3.65. The Morgan fingerprint density at radius 3 is 2.73 bits per heavy atom. The first-order valence-electron chi connectivity index (χ1n) is 15.3. The second kappa shape index (κ2) is 9.33. The number of carbonyl (C=O) groups is 1. The maximum Gasteiger partial charge on any atom is 0.254 e. The molecule has 3 unspecified atom stereocenters. The zero-order valence-corrected chi connectivity index (χ0v) is 24.6. The third-order valence-corrected chi connectivity index (χ3v) is 9.91. The molecule has 6 heterocycles. The molecule has 9 rings (SSSR count). The highest BCUT2D eigenvalue weighted by Crippen LogP contribution is 2.40. The van der Waals surface area contributed by atoms with Gasteiger partial charge in [-0.15, -0.1) is 5.10 Å². The van der Waals surface area contributed by atoms with Crippen LogP contribution < -0.4 is 10.5 Å². The third-order valence-electron chi connectivity index (χ3n) is 9.91. The van der Waals surface area contributed by atoms with Crippen molar-refractivity contribution in [2.45, 2.75) is 44.3 Å². The van der Waals surface area contributed by atoms with Gasteiger partial charge in [-0.1, -0.05) is 0 Å². The summed E-state index contributed by atoms with van der Waals surface area (Å²) < 4.78 is 11.9. The number of amides is 1. The molecule has 2 bridgehead atoms. The summed E-state index contributed by atoms with van der Waals surface area (Å²) in [5.41, 5.74) is 13.0. The van der Waals surface area contributed by atoms with E-state index < -0.39 is 0 Å². The Hall–Kier alpha value is -4.84. The Morgan fingerprint density at radius 1 is 1.07 bits per heavy atom. The maximum absolute atomic E-state index is 13.7. The minimum atomic E-state index is -0.000471. The van der Waals surface area contributed by atoms with Crippen LogP contribution in [-0.2, 0) is 13.6 Å². The minimum Gasteiger partial charge on any atom is -0.494 e. The average Bonchev–Trinajstić information content (AvgIpc) is 3.34. The number of pyridine rings is 2. The normalized spacial score (nSPS) is 21.3. The molecule has 1 aliphatic heterocycles. The number of nitrogens with two attached hydrogens (primary N) is 1. The first-order chi connectivity index (χ1) is 21.5. The minimum absolute atomic E-state index is 0.000471. The quantitative estimate of drug-likeness (QED) is 0.312. The molecule has 2 N–H and O–H groups in total. The van der Waals surface area contributed by atoms with Crippen LogP contribution in [0.4, 0.5) is 0 Å². The van der Waals surface area contributed by atoms with Gasteiger partial charge in [0.1, 0.15) is 16.9 Å². The van der Waals surface area contributed by atoms with Crippen LogP contribution in [0.2, 0.25) is 0 Å². The van der Waals surface area contributed by atoms with Crippen molar-refractivity contribution in [3.05, 3.63) is 54.2 Å². The smallest absolute Gasteiger partial charge is 0.254 e. The summed E-state index contributed by atoms with van der Waals surface area (Å²) in [4.78, 5) is 25.9. The van der Waals surface area contributed by atoms with Crippen LogP contribution in [0.15, 0.2) is 48.7 Å². The van der Waals surface area contributed by atoms with Crippen molar-refractivity contribution in [2.24, 2.45) is 24.6 Å². The lowest BCUT2D eigenvalue weighted by molar-refractivity contribution is 0.0700. The van der Waals surface area contributed by atoms with E-state index in [0.29, 0.717) is 28.8 Å². The lowest BCUT2D eigenvalue weighted by atomic mass is 10.1. The SMILES string of the molecule is COc1cc(C(=O)N2CC3CCC2C3N)cc2nc(-c3cc4ccc(-c5ccc6nnnn6c5)nc4n3CC3CC3)n(C)c12. The number of likely N-dealkylation sites (tertiary alicyclic amines) is 1. The summed E-state index contributed by atoms with van der Waals surface area (Å²) in [5, 5.41) is 12.9. The van der Waals surface area contributed by atoms with E-state index in [-0.39, 0.29) is 18.0 Å². The molecule has 2 saturated carbocycles. The van der Waals surface area contributed by atoms with E-state index in [1.807, 2.05) is 48.5 Å². The van der Waals surface area contributed by atoms with Crippen molar-refractivity contribution < 1.29 is 9.53 Å². The predicted molar refractivity (Wildman–Crippen MR) is 164 cm³/mol. The number of benzene rings is 1. The Morgan fingerprint density at radius 2 is 1.95 bits per heavy atom. The lowest BCUT2D eigenvalue weighted by Gasteiger charge is -2.27. The molecule has 44 heavy (non-hydrogen) atoms. The Labute approximate surface area is 252 Å². The number of aromatic nitrogens is 8. The van der Waals surface area contributed by atoms with Crippen molar-refractivity contribution in [2.75, 3.05) is 13.7 Å². The molecule has 12 heteroatoms. The van der Waals surface area contributed by atoms with Gasteiger partial charge in [0, 0.05) is 54.9 Å². The number of nitrogens with zero attached hydrogens (tertiary/aromatic N) is 9. The number of hydrogen-bond acceptors (Lipinski definition) is 8. The highest BCUT2D eigenvalue weighted by Gasteiger charge is 2.47. The number of tetrazole rings is 1. The molecular formula is C32H32N10O2. The van der Waals surface area contributed by atoms with Crippen LogP contribution in [0.3, 0.4) is 0 Å². The van der Waals surface area contributed by atoms with E-state index in [1.54, 1.807) is 11.6 Å². The molecule has 5 aromatic heterocycles. The molecule has 1 saturated heterocycles. The average molecular weight is 589 g/mol. The fraction of sp³-hybridized carbons (Fsp3) is 0.375. The molecule has 3 aliphatic rings. The van der Waals surface area contributed by atoms with Crippen molar-refractivity contribution in [1.29, 1.82) is 0 Å². The molecule has 222 valence electrons. The summed E-state index contributed by atoms with van der Waals surface area (Å²) in [6.45, 7) is 1.58. The molecule has 0 radical (unpaired) electrons. The van der Waals surface area contributed by atoms with Crippen LogP contribution in [0, 0.1) is 11.8 Å². The number of methoxy groups -OCH3 is 1. The van der Waals surface area contributed by atoms with Gasteiger partial charge in [-0.3, -0.25) is 4.79 Å². The monoisotopic (exact) mass is 588 g/mol. The zero-order valence-electron chi connectivity index (χ0n) is 24.6. The zero-order chi connectivity index (χ0) is 29.7. The molecule has 6 aromatic rings. The number of carbonyl (C=O) groups excluding carboxylic acids is 1. The Bertz CT molecular complexity index is 2120. The van der Waals surface area contributed by atoms with E-state index in [1.165, 1.54) is 12.8 Å². The number of imidazole rings is 1. The van der Waals surface area contributed by atoms with Gasteiger partial charge in [0.05, 0.1) is 24.0 Å². The highest BCUT2D eigenvalue weighted by atomic mass is 16.5. The number of ether oxygens (including phenoxy) is 1. The van der Waals surface area contributed by atoms with Gasteiger partial charge in [0.2, 0.25) is 0 Å². The van der Waals surface area contributed by atoms with Gasteiger partial charge in [-0.05, 0) is 90.4 Å². The van der Waals surface area contributed by atoms with Gasteiger partial charge < -0.3 is 24.5 Å².